The first-order chi connectivity index (χ1) is 15.1. The Balaban J connectivity index is 1.42. The summed E-state index contributed by atoms with van der Waals surface area (Å²) in [7, 11) is 0. The van der Waals surface area contributed by atoms with Gasteiger partial charge in [0, 0.05) is 35.3 Å². The predicted octanol–water partition coefficient (Wildman–Crippen LogP) is 5.89. The van der Waals surface area contributed by atoms with Gasteiger partial charge in [-0.1, -0.05) is 29.0 Å². The minimum Gasteiger partial charge on any atom is -0.286 e. The Morgan fingerprint density at radius 2 is 2.03 bits per heavy atom. The zero-order valence-corrected chi connectivity index (χ0v) is 19.0. The van der Waals surface area contributed by atoms with Crippen molar-refractivity contribution < 1.29 is 9.18 Å². The Morgan fingerprint density at radius 1 is 1.19 bits per heavy atom. The van der Waals surface area contributed by atoms with Crippen LogP contribution in [0.2, 0.25) is 5.02 Å². The maximum Gasteiger partial charge on any atom is 0.228 e. The van der Waals surface area contributed by atoms with Gasteiger partial charge in [-0.3, -0.25) is 14.4 Å². The van der Waals surface area contributed by atoms with Gasteiger partial charge < -0.3 is 0 Å². The van der Waals surface area contributed by atoms with Crippen molar-refractivity contribution in [1.82, 2.24) is 14.8 Å². The number of rotatable bonds is 9. The van der Waals surface area contributed by atoms with E-state index in [2.05, 4.69) is 10.1 Å². The van der Waals surface area contributed by atoms with Gasteiger partial charge in [0.25, 0.3) is 0 Å². The lowest BCUT2D eigenvalue weighted by atomic mass is 10.3. The number of para-hydroxylation sites is 1. The fourth-order valence-corrected chi connectivity index (χ4v) is 5.06. The summed E-state index contributed by atoms with van der Waals surface area (Å²) in [5.74, 6) is 0.414. The second-order valence-electron chi connectivity index (χ2n) is 6.80. The molecule has 9 heteroatoms. The van der Waals surface area contributed by atoms with Crippen molar-refractivity contribution in [3.05, 3.63) is 71.8 Å². The number of thioether (sulfide) groups is 1. The van der Waals surface area contributed by atoms with Crippen molar-refractivity contribution in [2.24, 2.45) is 0 Å². The van der Waals surface area contributed by atoms with E-state index in [0.29, 0.717) is 35.2 Å². The van der Waals surface area contributed by atoms with Crippen LogP contribution < -0.4 is 4.90 Å². The fraction of sp³-hybridized carbons (Fsp3) is 0.227. The van der Waals surface area contributed by atoms with E-state index in [1.807, 2.05) is 42.6 Å². The first-order valence-electron chi connectivity index (χ1n) is 9.81. The van der Waals surface area contributed by atoms with Gasteiger partial charge >= 0.3 is 0 Å². The molecule has 4 aromatic rings. The van der Waals surface area contributed by atoms with E-state index in [1.165, 1.54) is 17.4 Å². The van der Waals surface area contributed by atoms with Crippen molar-refractivity contribution in [1.29, 1.82) is 0 Å². The van der Waals surface area contributed by atoms with Gasteiger partial charge in [0.2, 0.25) is 5.91 Å². The highest BCUT2D eigenvalue weighted by atomic mass is 35.5. The number of hydrogen-bond acceptors (Lipinski definition) is 5. The second kappa shape index (κ2) is 10.3. The number of anilines is 1. The third-order valence-corrected chi connectivity index (χ3v) is 7.01. The lowest BCUT2D eigenvalue weighted by molar-refractivity contribution is -0.118. The summed E-state index contributed by atoms with van der Waals surface area (Å²) in [5.41, 5.74) is 0.303. The minimum absolute atomic E-state index is 0.0247. The highest BCUT2D eigenvalue weighted by molar-refractivity contribution is 7.99. The molecule has 0 radical (unpaired) electrons. The molecular weight excluding hydrogens is 455 g/mol. The van der Waals surface area contributed by atoms with E-state index in [9.17, 15) is 9.18 Å². The molecule has 0 spiro atoms. The van der Waals surface area contributed by atoms with Gasteiger partial charge in [0.05, 0.1) is 11.2 Å². The molecule has 4 rings (SSSR count). The van der Waals surface area contributed by atoms with Crippen LogP contribution in [0.15, 0.2) is 65.8 Å². The molecular formula is C22H20ClFN4OS2. The molecule has 2 aromatic heterocycles. The lowest BCUT2D eigenvalue weighted by Crippen LogP contribution is -2.34. The summed E-state index contributed by atoms with van der Waals surface area (Å²) < 4.78 is 16.6. The van der Waals surface area contributed by atoms with E-state index < -0.39 is 0 Å². The predicted molar refractivity (Wildman–Crippen MR) is 126 cm³/mol. The Bertz CT molecular complexity index is 1150. The van der Waals surface area contributed by atoms with Gasteiger partial charge in [-0.15, -0.1) is 11.8 Å². The summed E-state index contributed by atoms with van der Waals surface area (Å²) in [6.45, 7) is 0.961. The molecule has 2 aromatic carbocycles. The van der Waals surface area contributed by atoms with Crippen molar-refractivity contribution in [3.8, 4) is 0 Å². The van der Waals surface area contributed by atoms with Crippen LogP contribution in [0.25, 0.3) is 10.2 Å². The van der Waals surface area contributed by atoms with Gasteiger partial charge in [0.15, 0.2) is 5.13 Å². The number of fused-ring (bicyclic) bond motifs is 1. The molecule has 0 aliphatic carbocycles. The highest BCUT2D eigenvalue weighted by Crippen LogP contribution is 2.31. The van der Waals surface area contributed by atoms with Crippen molar-refractivity contribution in [3.63, 3.8) is 0 Å². The van der Waals surface area contributed by atoms with Crippen LogP contribution >= 0.6 is 34.7 Å². The average Bonchev–Trinajstić information content (AvgIpc) is 3.43. The molecule has 0 bridgehead atoms. The molecule has 0 saturated heterocycles. The Kier molecular flexibility index (Phi) is 7.21. The zero-order chi connectivity index (χ0) is 21.6. The number of thiazole rings is 1. The molecule has 0 unspecified atom stereocenters. The Labute approximate surface area is 192 Å². The minimum atomic E-state index is -0.376. The average molecular weight is 475 g/mol. The van der Waals surface area contributed by atoms with Gasteiger partial charge in [-0.05, 0) is 54.6 Å². The lowest BCUT2D eigenvalue weighted by Gasteiger charge is -2.20. The molecule has 160 valence electrons. The molecule has 2 heterocycles. The summed E-state index contributed by atoms with van der Waals surface area (Å²) in [4.78, 5) is 20.3. The largest absolute Gasteiger partial charge is 0.286 e. The number of hydrogen-bond donors (Lipinski definition) is 0. The fourth-order valence-electron chi connectivity index (χ4n) is 3.06. The third-order valence-electron chi connectivity index (χ3n) is 4.62. The molecule has 0 aliphatic heterocycles. The summed E-state index contributed by atoms with van der Waals surface area (Å²) in [5, 5.41) is 5.43. The van der Waals surface area contributed by atoms with Gasteiger partial charge in [0.1, 0.15) is 11.3 Å². The Hall–Kier alpha value is -2.42. The zero-order valence-electron chi connectivity index (χ0n) is 16.6. The smallest absolute Gasteiger partial charge is 0.228 e. The first kappa shape index (κ1) is 21.8. The molecule has 31 heavy (non-hydrogen) atoms. The number of aromatic nitrogens is 3. The normalized spacial score (nSPS) is 11.2. The second-order valence-corrected chi connectivity index (χ2v) is 9.42. The SMILES string of the molecule is O=C(CCCSc1ccc(Cl)cc1)N(CCn1cccn1)c1nc2c(F)cccc2s1. The molecule has 1 amide bonds. The van der Waals surface area contributed by atoms with E-state index in [4.69, 9.17) is 11.6 Å². The van der Waals surface area contributed by atoms with Crippen LogP contribution in [0.3, 0.4) is 0 Å². The van der Waals surface area contributed by atoms with Crippen LogP contribution in [-0.4, -0.2) is 33.0 Å². The number of halogens is 2. The molecule has 0 fully saturated rings. The molecule has 0 aliphatic rings. The molecule has 0 saturated carbocycles. The maximum atomic E-state index is 14.1. The first-order valence-corrected chi connectivity index (χ1v) is 12.0. The number of amides is 1. The van der Waals surface area contributed by atoms with E-state index >= 15 is 0 Å². The quantitative estimate of drug-likeness (QED) is 0.224. The summed E-state index contributed by atoms with van der Waals surface area (Å²) in [6, 6.07) is 14.4. The number of carbonyl (C=O) groups excluding carboxylic acids is 1. The van der Waals surface area contributed by atoms with E-state index in [0.717, 1.165) is 21.8 Å². The Morgan fingerprint density at radius 3 is 2.77 bits per heavy atom. The van der Waals surface area contributed by atoms with E-state index in [1.54, 1.807) is 33.6 Å². The monoisotopic (exact) mass is 474 g/mol. The van der Waals surface area contributed by atoms with Crippen LogP contribution in [0.5, 0.6) is 0 Å². The van der Waals surface area contributed by atoms with Crippen LogP contribution in [-0.2, 0) is 11.3 Å². The third kappa shape index (κ3) is 5.64. The van der Waals surface area contributed by atoms with Crippen LogP contribution in [0.4, 0.5) is 9.52 Å². The van der Waals surface area contributed by atoms with Gasteiger partial charge in [-0.2, -0.15) is 5.10 Å². The summed E-state index contributed by atoms with van der Waals surface area (Å²) >= 11 is 8.94. The van der Waals surface area contributed by atoms with Crippen LogP contribution in [0, 0.1) is 5.82 Å². The topological polar surface area (TPSA) is 51.0 Å². The van der Waals surface area contributed by atoms with Gasteiger partial charge in [-0.25, -0.2) is 9.37 Å². The summed E-state index contributed by atoms with van der Waals surface area (Å²) in [6.07, 6.45) is 4.67. The maximum absolute atomic E-state index is 14.1. The molecule has 0 N–H and O–H groups in total. The number of carbonyl (C=O) groups is 1. The number of nitrogens with zero attached hydrogens (tertiary/aromatic N) is 4. The van der Waals surface area contributed by atoms with E-state index in [-0.39, 0.29) is 11.7 Å². The highest BCUT2D eigenvalue weighted by Gasteiger charge is 2.20. The standard InChI is InChI=1S/C22H20ClFN4OS2/c23-16-7-9-17(10-8-16)30-15-2-6-20(29)28(14-13-27-12-3-11-25-27)22-26-21-18(24)4-1-5-19(21)31-22/h1,3-5,7-12H,2,6,13-15H2. The van der Waals surface area contributed by atoms with Crippen molar-refractivity contribution in [2.45, 2.75) is 24.3 Å². The van der Waals surface area contributed by atoms with Crippen molar-refractivity contribution >= 4 is 56.0 Å². The van der Waals surface area contributed by atoms with Crippen molar-refractivity contribution in [2.75, 3.05) is 17.2 Å². The van der Waals surface area contributed by atoms with Crippen LogP contribution in [0.1, 0.15) is 12.8 Å². The number of benzene rings is 2. The molecule has 0 atom stereocenters. The molecule has 5 nitrogen and oxygen atoms in total.